The number of nitro groups is 1. The van der Waals surface area contributed by atoms with Gasteiger partial charge in [-0.2, -0.15) is 0 Å². The van der Waals surface area contributed by atoms with E-state index in [9.17, 15) is 14.9 Å². The van der Waals surface area contributed by atoms with Gasteiger partial charge in [0.1, 0.15) is 0 Å². The molecule has 0 atom stereocenters. The van der Waals surface area contributed by atoms with Crippen molar-refractivity contribution in [3.63, 3.8) is 0 Å². The quantitative estimate of drug-likeness (QED) is 0.619. The standard InChI is InChI=1S/C14H19ClN4O3/c1-16-5-7-18(8-6-16)14(20)10-17(2)13-4-3-11(19(21)22)9-12(13)15/h3-4,9H,5-8,10H2,1-2H3. The second-order valence-corrected chi connectivity index (χ2v) is 5.84. The van der Waals surface area contributed by atoms with Crippen LogP contribution >= 0.6 is 11.6 Å². The van der Waals surface area contributed by atoms with Crippen LogP contribution < -0.4 is 4.90 Å². The summed E-state index contributed by atoms with van der Waals surface area (Å²) in [5, 5.41) is 11.0. The smallest absolute Gasteiger partial charge is 0.271 e. The Balaban J connectivity index is 2.01. The van der Waals surface area contributed by atoms with Gasteiger partial charge in [0.25, 0.3) is 5.69 Å². The van der Waals surface area contributed by atoms with Crippen LogP contribution in [0.4, 0.5) is 11.4 Å². The molecule has 0 aromatic heterocycles. The Morgan fingerprint density at radius 3 is 2.55 bits per heavy atom. The van der Waals surface area contributed by atoms with E-state index < -0.39 is 4.92 Å². The highest BCUT2D eigenvalue weighted by Crippen LogP contribution is 2.29. The molecule has 2 rings (SSSR count). The number of carbonyl (C=O) groups is 1. The number of piperazine rings is 1. The molecule has 1 aromatic rings. The summed E-state index contributed by atoms with van der Waals surface area (Å²) in [6.45, 7) is 3.37. The average molecular weight is 327 g/mol. The normalized spacial score (nSPS) is 15.7. The minimum absolute atomic E-state index is 0.0324. The molecule has 1 amide bonds. The lowest BCUT2D eigenvalue weighted by atomic mass is 10.2. The zero-order valence-corrected chi connectivity index (χ0v) is 13.4. The number of nitrogens with zero attached hydrogens (tertiary/aromatic N) is 4. The van der Waals surface area contributed by atoms with E-state index in [-0.39, 0.29) is 23.2 Å². The Labute approximate surface area is 134 Å². The molecule has 0 N–H and O–H groups in total. The van der Waals surface area contributed by atoms with Gasteiger partial charge < -0.3 is 14.7 Å². The third-order valence-corrected chi connectivity index (χ3v) is 4.08. The summed E-state index contributed by atoms with van der Waals surface area (Å²) >= 11 is 6.08. The van der Waals surface area contributed by atoms with Crippen LogP contribution in [0, 0.1) is 10.1 Å². The van der Waals surface area contributed by atoms with E-state index in [1.807, 2.05) is 11.9 Å². The third-order valence-electron chi connectivity index (χ3n) is 3.78. The highest BCUT2D eigenvalue weighted by molar-refractivity contribution is 6.33. The number of nitro benzene ring substituents is 1. The van der Waals surface area contributed by atoms with Gasteiger partial charge in [0.2, 0.25) is 5.91 Å². The Hall–Kier alpha value is -1.86. The van der Waals surface area contributed by atoms with Crippen molar-refractivity contribution >= 4 is 28.9 Å². The predicted octanol–water partition coefficient (Wildman–Crippen LogP) is 1.46. The molecule has 1 fully saturated rings. The summed E-state index contributed by atoms with van der Waals surface area (Å²) in [5.41, 5.74) is 0.544. The molecule has 0 bridgehead atoms. The Morgan fingerprint density at radius 1 is 1.36 bits per heavy atom. The number of hydrogen-bond donors (Lipinski definition) is 0. The molecule has 1 heterocycles. The number of likely N-dealkylation sites (N-methyl/N-ethyl adjacent to an activating group) is 2. The molecule has 120 valence electrons. The van der Waals surface area contributed by atoms with Gasteiger partial charge in [-0.25, -0.2) is 0 Å². The minimum Gasteiger partial charge on any atom is -0.364 e. The first kappa shape index (κ1) is 16.5. The fraction of sp³-hybridized carbons (Fsp3) is 0.500. The molecule has 0 spiro atoms. The van der Waals surface area contributed by atoms with Gasteiger partial charge in [-0.05, 0) is 13.1 Å². The zero-order valence-electron chi connectivity index (χ0n) is 12.7. The minimum atomic E-state index is -0.495. The van der Waals surface area contributed by atoms with E-state index in [2.05, 4.69) is 4.90 Å². The van der Waals surface area contributed by atoms with Crippen molar-refractivity contribution in [2.24, 2.45) is 0 Å². The van der Waals surface area contributed by atoms with Crippen molar-refractivity contribution in [1.82, 2.24) is 9.80 Å². The summed E-state index contributed by atoms with van der Waals surface area (Å²) in [6, 6.07) is 4.25. The largest absolute Gasteiger partial charge is 0.364 e. The summed E-state index contributed by atoms with van der Waals surface area (Å²) in [5.74, 6) is 0.0324. The van der Waals surface area contributed by atoms with E-state index in [1.165, 1.54) is 12.1 Å². The number of halogens is 1. The molecule has 0 saturated carbocycles. The Kier molecular flexibility index (Phi) is 5.20. The van der Waals surface area contributed by atoms with E-state index >= 15 is 0 Å². The Morgan fingerprint density at radius 2 is 2.00 bits per heavy atom. The van der Waals surface area contributed by atoms with Gasteiger partial charge >= 0.3 is 0 Å². The number of amides is 1. The third kappa shape index (κ3) is 3.86. The number of carbonyl (C=O) groups excluding carboxylic acids is 1. The fourth-order valence-corrected chi connectivity index (χ4v) is 2.68. The van der Waals surface area contributed by atoms with Gasteiger partial charge in [-0.3, -0.25) is 14.9 Å². The first-order chi connectivity index (χ1) is 10.4. The lowest BCUT2D eigenvalue weighted by Gasteiger charge is -2.33. The number of hydrogen-bond acceptors (Lipinski definition) is 5. The van der Waals surface area contributed by atoms with Crippen LogP contribution in [0.25, 0.3) is 0 Å². The zero-order chi connectivity index (χ0) is 16.3. The van der Waals surface area contributed by atoms with Crippen LogP contribution in [-0.4, -0.2) is 67.4 Å². The van der Waals surface area contributed by atoms with Crippen molar-refractivity contribution in [2.45, 2.75) is 0 Å². The van der Waals surface area contributed by atoms with Crippen molar-refractivity contribution in [2.75, 3.05) is 51.7 Å². The van der Waals surface area contributed by atoms with Crippen molar-refractivity contribution < 1.29 is 9.72 Å². The van der Waals surface area contributed by atoms with Crippen LogP contribution in [0.15, 0.2) is 18.2 Å². The van der Waals surface area contributed by atoms with E-state index in [4.69, 9.17) is 11.6 Å². The molecule has 0 unspecified atom stereocenters. The highest BCUT2D eigenvalue weighted by Gasteiger charge is 2.21. The molecular formula is C14H19ClN4O3. The lowest BCUT2D eigenvalue weighted by molar-refractivity contribution is -0.384. The first-order valence-corrected chi connectivity index (χ1v) is 7.37. The van der Waals surface area contributed by atoms with E-state index in [0.717, 1.165) is 26.2 Å². The van der Waals surface area contributed by atoms with Gasteiger partial charge in [0.05, 0.1) is 22.2 Å². The molecule has 1 saturated heterocycles. The van der Waals surface area contributed by atoms with Crippen LogP contribution in [0.3, 0.4) is 0 Å². The Bertz CT molecular complexity index is 573. The maximum atomic E-state index is 12.3. The van der Waals surface area contributed by atoms with Crippen LogP contribution in [0.2, 0.25) is 5.02 Å². The molecule has 1 aromatic carbocycles. The monoisotopic (exact) mass is 326 g/mol. The maximum Gasteiger partial charge on any atom is 0.271 e. The van der Waals surface area contributed by atoms with Crippen LogP contribution in [-0.2, 0) is 4.79 Å². The highest BCUT2D eigenvalue weighted by atomic mass is 35.5. The fourth-order valence-electron chi connectivity index (χ4n) is 2.36. The molecule has 7 nitrogen and oxygen atoms in total. The SMILES string of the molecule is CN1CCN(C(=O)CN(C)c2ccc([N+](=O)[O-])cc2Cl)CC1. The molecule has 8 heteroatoms. The van der Waals surface area contributed by atoms with Gasteiger partial charge in [-0.15, -0.1) is 0 Å². The van der Waals surface area contributed by atoms with Crippen LogP contribution in [0.5, 0.6) is 0 Å². The van der Waals surface area contributed by atoms with Crippen molar-refractivity contribution in [3.05, 3.63) is 33.3 Å². The summed E-state index contributed by atoms with van der Waals surface area (Å²) < 4.78 is 0. The molecule has 1 aliphatic heterocycles. The van der Waals surface area contributed by atoms with E-state index in [1.54, 1.807) is 18.0 Å². The number of non-ortho nitro benzene ring substituents is 1. The van der Waals surface area contributed by atoms with Crippen molar-refractivity contribution in [1.29, 1.82) is 0 Å². The first-order valence-electron chi connectivity index (χ1n) is 7.00. The van der Waals surface area contributed by atoms with E-state index in [0.29, 0.717) is 5.69 Å². The maximum absolute atomic E-state index is 12.3. The molecular weight excluding hydrogens is 308 g/mol. The van der Waals surface area contributed by atoms with Crippen LogP contribution in [0.1, 0.15) is 0 Å². The molecule has 0 radical (unpaired) electrons. The number of anilines is 1. The van der Waals surface area contributed by atoms with Gasteiger partial charge in [-0.1, -0.05) is 11.6 Å². The summed E-state index contributed by atoms with van der Waals surface area (Å²) in [6.07, 6.45) is 0. The molecule has 0 aliphatic carbocycles. The predicted molar refractivity (Wildman–Crippen MR) is 85.5 cm³/mol. The summed E-state index contributed by atoms with van der Waals surface area (Å²) in [7, 11) is 3.78. The lowest BCUT2D eigenvalue weighted by Crippen LogP contribution is -2.49. The van der Waals surface area contributed by atoms with Gasteiger partial charge in [0, 0.05) is 45.4 Å². The van der Waals surface area contributed by atoms with Crippen molar-refractivity contribution in [3.8, 4) is 0 Å². The summed E-state index contributed by atoms with van der Waals surface area (Å²) in [4.78, 5) is 28.2. The van der Waals surface area contributed by atoms with Gasteiger partial charge in [0.15, 0.2) is 0 Å². The number of benzene rings is 1. The number of rotatable bonds is 4. The second-order valence-electron chi connectivity index (χ2n) is 5.43. The average Bonchev–Trinajstić information content (AvgIpc) is 2.47. The molecule has 1 aliphatic rings. The molecule has 22 heavy (non-hydrogen) atoms. The topological polar surface area (TPSA) is 69.9 Å². The second kappa shape index (κ2) is 6.93.